The normalized spacial score (nSPS) is 12.1. The Hall–Kier alpha value is -7.14. The molecular weight excluding hydrogens is 777 g/mol. The predicted molar refractivity (Wildman–Crippen MR) is 250 cm³/mol. The molecule has 0 saturated heterocycles. The Balaban J connectivity index is 1.10. The molecule has 2 aromatic heterocycles. The summed E-state index contributed by atoms with van der Waals surface area (Å²) in [7, 11) is 0. The Morgan fingerprint density at radius 1 is 0.271 bits per heavy atom. The van der Waals surface area contributed by atoms with Gasteiger partial charge >= 0.3 is 346 Å². The van der Waals surface area contributed by atoms with E-state index in [1.165, 1.54) is 39.1 Å². The number of hydrogen-bond donors (Lipinski definition) is 0. The van der Waals surface area contributed by atoms with Crippen LogP contribution in [0, 0.1) is 0 Å². The van der Waals surface area contributed by atoms with Gasteiger partial charge in [0.25, 0.3) is 0 Å². The number of furan rings is 2. The van der Waals surface area contributed by atoms with E-state index < -0.39 is 13.3 Å². The Bertz CT molecular complexity index is 3320. The van der Waals surface area contributed by atoms with Gasteiger partial charge in [0.1, 0.15) is 0 Å². The summed E-state index contributed by atoms with van der Waals surface area (Å²) < 4.78 is 18.5. The van der Waals surface area contributed by atoms with Crippen molar-refractivity contribution in [1.82, 2.24) is 0 Å². The third kappa shape index (κ3) is 5.34. The topological polar surface area (TPSA) is 26.3 Å². The first-order chi connectivity index (χ1) is 29.2. The summed E-state index contributed by atoms with van der Waals surface area (Å²) in [6, 6.07) is 80.4. The molecule has 0 fully saturated rings. The molecule has 0 saturated carbocycles. The summed E-state index contributed by atoms with van der Waals surface area (Å²) in [4.78, 5) is 0. The van der Waals surface area contributed by atoms with Crippen LogP contribution in [0.3, 0.4) is 0 Å². The molecule has 59 heavy (non-hydrogen) atoms. The van der Waals surface area contributed by atoms with Crippen molar-refractivity contribution in [2.45, 2.75) is 0 Å². The first-order valence-electron chi connectivity index (χ1n) is 20.2. The van der Waals surface area contributed by atoms with Gasteiger partial charge in [-0.1, -0.05) is 0 Å². The third-order valence-electron chi connectivity index (χ3n) is 12.4. The molecule has 3 heteroatoms. The van der Waals surface area contributed by atoms with Gasteiger partial charge in [-0.3, -0.25) is 0 Å². The van der Waals surface area contributed by atoms with E-state index in [0.717, 1.165) is 66.1 Å². The van der Waals surface area contributed by atoms with E-state index in [0.29, 0.717) is 0 Å². The fraction of sp³-hybridized carbons (Fsp3) is 0. The molecule has 2 heterocycles. The molecule has 12 aromatic rings. The maximum absolute atomic E-state index is 6.52. The molecule has 0 spiro atoms. The van der Waals surface area contributed by atoms with Crippen molar-refractivity contribution in [2.24, 2.45) is 0 Å². The van der Waals surface area contributed by atoms with Crippen LogP contribution in [0.25, 0.3) is 87.7 Å². The molecule has 0 unspecified atom stereocenters. The Morgan fingerprint density at radius 3 is 1.10 bits per heavy atom. The van der Waals surface area contributed by atoms with E-state index in [2.05, 4.69) is 206 Å². The number of benzene rings is 10. The van der Waals surface area contributed by atoms with Gasteiger partial charge in [-0.15, -0.1) is 0 Å². The Kier molecular flexibility index (Phi) is 7.76. The van der Waals surface area contributed by atoms with E-state index in [4.69, 9.17) is 8.83 Å². The summed E-state index contributed by atoms with van der Waals surface area (Å²) in [5.74, 6) is 0. The van der Waals surface area contributed by atoms with E-state index in [1.54, 1.807) is 0 Å². The fourth-order valence-corrected chi connectivity index (χ4v) is 19.5. The van der Waals surface area contributed by atoms with Gasteiger partial charge in [0, 0.05) is 0 Å². The summed E-state index contributed by atoms with van der Waals surface area (Å²) in [6.07, 6.45) is 0. The second-order valence-corrected chi connectivity index (χ2v) is 23.6. The van der Waals surface area contributed by atoms with Crippen LogP contribution in [0.5, 0.6) is 0 Å². The average molecular weight is 814 g/mol. The summed E-state index contributed by atoms with van der Waals surface area (Å²) >= 11 is -3.80. The van der Waals surface area contributed by atoms with Gasteiger partial charge in [-0.2, -0.15) is 0 Å². The molecule has 276 valence electrons. The SMILES string of the molecule is c1ccc2c[c]([Ge]([c]3ccc(-c4cccc5c4oc4ccccc45)cc3)([c]3ccc(-c4cccc5c4oc4ccccc45)cc3)[c]3ccc4ccccc4c3)ccc2c1. The van der Waals surface area contributed by atoms with E-state index >= 15 is 0 Å². The Morgan fingerprint density at radius 2 is 0.644 bits per heavy atom. The van der Waals surface area contributed by atoms with Crippen LogP contribution >= 0.6 is 0 Å². The number of fused-ring (bicyclic) bond motifs is 8. The van der Waals surface area contributed by atoms with Crippen molar-refractivity contribution in [3.63, 3.8) is 0 Å². The van der Waals surface area contributed by atoms with Crippen molar-refractivity contribution in [3.05, 3.63) is 218 Å². The molecule has 2 nitrogen and oxygen atoms in total. The second-order valence-electron chi connectivity index (χ2n) is 15.6. The van der Waals surface area contributed by atoms with Crippen LogP contribution in [-0.2, 0) is 0 Å². The van der Waals surface area contributed by atoms with Crippen LogP contribution in [0.1, 0.15) is 0 Å². The number of rotatable bonds is 6. The summed E-state index contributed by atoms with van der Waals surface area (Å²) in [5.41, 5.74) is 8.15. The summed E-state index contributed by atoms with van der Waals surface area (Å²) in [5, 5.41) is 9.55. The molecule has 12 rings (SSSR count). The first-order valence-corrected chi connectivity index (χ1v) is 24.4. The van der Waals surface area contributed by atoms with Crippen molar-refractivity contribution in [1.29, 1.82) is 0 Å². The Labute approximate surface area is 343 Å². The zero-order valence-electron chi connectivity index (χ0n) is 32.1. The molecule has 0 amide bonds. The number of hydrogen-bond acceptors (Lipinski definition) is 2. The van der Waals surface area contributed by atoms with E-state index in [9.17, 15) is 0 Å². The standard InChI is InChI=1S/C56H36GeO2/c1-3-13-41-35-45(33-23-37(41)11-1)57(46-34-24-38-12-2-4-14-42(38)36-46,43-29-25-39(26-30-43)47-17-9-19-51-49-15-5-7-21-53(49)58-55(47)51)44-31-27-40(28-32-44)48-18-10-20-52-50-16-6-8-22-54(50)59-56(48)52/h1-36H. The van der Waals surface area contributed by atoms with Crippen LogP contribution in [0.4, 0.5) is 0 Å². The van der Waals surface area contributed by atoms with E-state index in [1.807, 2.05) is 12.1 Å². The van der Waals surface area contributed by atoms with Gasteiger partial charge in [-0.25, -0.2) is 0 Å². The van der Waals surface area contributed by atoms with Gasteiger partial charge in [0.05, 0.1) is 0 Å². The predicted octanol–water partition coefficient (Wildman–Crippen LogP) is 12.5. The van der Waals surface area contributed by atoms with E-state index in [-0.39, 0.29) is 0 Å². The molecule has 0 atom stereocenters. The minimum atomic E-state index is -3.80. The van der Waals surface area contributed by atoms with Crippen molar-refractivity contribution in [2.75, 3.05) is 0 Å². The zero-order valence-corrected chi connectivity index (χ0v) is 34.2. The van der Waals surface area contributed by atoms with Crippen LogP contribution in [-0.4, -0.2) is 13.3 Å². The summed E-state index contributed by atoms with van der Waals surface area (Å²) in [6.45, 7) is 0. The van der Waals surface area contributed by atoms with Crippen molar-refractivity contribution >= 4 is 96.3 Å². The molecule has 10 aromatic carbocycles. The molecule has 0 aliphatic heterocycles. The third-order valence-corrected chi connectivity index (χ3v) is 22.4. The average Bonchev–Trinajstić information content (AvgIpc) is 3.89. The van der Waals surface area contributed by atoms with Gasteiger partial charge in [0.2, 0.25) is 0 Å². The second kappa shape index (κ2) is 13.5. The maximum atomic E-state index is 6.52. The molecule has 0 aliphatic carbocycles. The van der Waals surface area contributed by atoms with Crippen LogP contribution in [0.2, 0.25) is 0 Å². The van der Waals surface area contributed by atoms with Gasteiger partial charge < -0.3 is 0 Å². The van der Waals surface area contributed by atoms with Crippen molar-refractivity contribution in [3.8, 4) is 22.3 Å². The fourth-order valence-electron chi connectivity index (χ4n) is 9.59. The zero-order chi connectivity index (χ0) is 38.9. The molecular formula is C56H36GeO2. The first kappa shape index (κ1) is 34.0. The minimum absolute atomic E-state index is 0.910. The quantitative estimate of drug-likeness (QED) is 0.156. The van der Waals surface area contributed by atoms with Gasteiger partial charge in [-0.05, 0) is 0 Å². The molecule has 0 bridgehead atoms. The monoisotopic (exact) mass is 814 g/mol. The number of para-hydroxylation sites is 4. The molecule has 0 radical (unpaired) electrons. The van der Waals surface area contributed by atoms with Crippen molar-refractivity contribution < 1.29 is 8.83 Å². The van der Waals surface area contributed by atoms with Gasteiger partial charge in [0.15, 0.2) is 0 Å². The van der Waals surface area contributed by atoms with Crippen LogP contribution in [0.15, 0.2) is 227 Å². The van der Waals surface area contributed by atoms with Crippen LogP contribution < -0.4 is 17.6 Å². The molecule has 0 aliphatic rings. The molecule has 0 N–H and O–H groups in total.